The molecule has 14 heavy (non-hydrogen) atoms. The van der Waals surface area contributed by atoms with Crippen LogP contribution in [0.4, 0.5) is 0 Å². The van der Waals surface area contributed by atoms with Gasteiger partial charge >= 0.3 is 0 Å². The average Bonchev–Trinajstić information content (AvgIpc) is 2.20. The second-order valence-corrected chi connectivity index (χ2v) is 3.20. The standard InChI is InChI=1S/C12H21NO/c1-4-7-10-13-12(14)9-8-11(5-2)6-3/h5,8-9H,4,6-7,10H2,1-3H3,(H,13,14)/b9-8+,11-5+. The van der Waals surface area contributed by atoms with Crippen molar-refractivity contribution in [2.24, 2.45) is 0 Å². The lowest BCUT2D eigenvalue weighted by Gasteiger charge is -1.99. The monoisotopic (exact) mass is 195 g/mol. The van der Waals surface area contributed by atoms with Crippen LogP contribution in [0, 0.1) is 0 Å². The maximum atomic E-state index is 11.2. The highest BCUT2D eigenvalue weighted by atomic mass is 16.1. The molecule has 0 saturated carbocycles. The summed E-state index contributed by atoms with van der Waals surface area (Å²) in [6, 6.07) is 0. The molecule has 0 spiro atoms. The van der Waals surface area contributed by atoms with Crippen LogP contribution in [0.2, 0.25) is 0 Å². The fourth-order valence-corrected chi connectivity index (χ4v) is 1.05. The minimum Gasteiger partial charge on any atom is -0.353 e. The molecule has 0 fully saturated rings. The van der Waals surface area contributed by atoms with Crippen molar-refractivity contribution < 1.29 is 4.79 Å². The molecular formula is C12H21NO. The maximum absolute atomic E-state index is 11.2. The van der Waals surface area contributed by atoms with Crippen LogP contribution < -0.4 is 5.32 Å². The fourth-order valence-electron chi connectivity index (χ4n) is 1.05. The first-order valence-electron chi connectivity index (χ1n) is 5.35. The molecule has 0 aliphatic carbocycles. The van der Waals surface area contributed by atoms with Gasteiger partial charge in [0.25, 0.3) is 0 Å². The lowest BCUT2D eigenvalue weighted by Crippen LogP contribution is -2.21. The normalized spacial score (nSPS) is 12.1. The molecule has 0 aliphatic heterocycles. The predicted molar refractivity (Wildman–Crippen MR) is 61.1 cm³/mol. The van der Waals surface area contributed by atoms with Crippen LogP contribution in [-0.4, -0.2) is 12.5 Å². The van der Waals surface area contributed by atoms with Gasteiger partial charge in [0.15, 0.2) is 0 Å². The molecule has 1 N–H and O–H groups in total. The summed E-state index contributed by atoms with van der Waals surface area (Å²) in [6.45, 7) is 6.95. The van der Waals surface area contributed by atoms with Crippen molar-refractivity contribution >= 4 is 5.91 Å². The van der Waals surface area contributed by atoms with E-state index in [-0.39, 0.29) is 5.91 Å². The second kappa shape index (κ2) is 8.54. The van der Waals surface area contributed by atoms with E-state index in [1.54, 1.807) is 6.08 Å². The van der Waals surface area contributed by atoms with Crippen LogP contribution in [0.5, 0.6) is 0 Å². The molecule has 2 heteroatoms. The van der Waals surface area contributed by atoms with E-state index >= 15 is 0 Å². The summed E-state index contributed by atoms with van der Waals surface area (Å²) in [5, 5.41) is 2.83. The number of amides is 1. The van der Waals surface area contributed by atoms with E-state index in [0.717, 1.165) is 25.8 Å². The minimum atomic E-state index is 0.00579. The molecule has 0 aromatic heterocycles. The minimum absolute atomic E-state index is 0.00579. The lowest BCUT2D eigenvalue weighted by molar-refractivity contribution is -0.116. The van der Waals surface area contributed by atoms with Crippen molar-refractivity contribution in [2.75, 3.05) is 6.54 Å². The van der Waals surface area contributed by atoms with Gasteiger partial charge in [-0.05, 0) is 19.8 Å². The Labute approximate surface area is 87.1 Å². The van der Waals surface area contributed by atoms with E-state index in [9.17, 15) is 4.79 Å². The zero-order valence-corrected chi connectivity index (χ0v) is 9.47. The molecule has 0 aromatic rings. The second-order valence-electron chi connectivity index (χ2n) is 3.20. The fraction of sp³-hybridized carbons (Fsp3) is 0.583. The summed E-state index contributed by atoms with van der Waals surface area (Å²) < 4.78 is 0. The first-order chi connectivity index (χ1) is 6.74. The first kappa shape index (κ1) is 12.9. The van der Waals surface area contributed by atoms with E-state index < -0.39 is 0 Å². The third-order valence-electron chi connectivity index (χ3n) is 2.06. The summed E-state index contributed by atoms with van der Waals surface area (Å²) in [5.41, 5.74) is 1.19. The Kier molecular flexibility index (Phi) is 7.90. The van der Waals surface area contributed by atoms with Crippen LogP contribution in [0.1, 0.15) is 40.0 Å². The van der Waals surface area contributed by atoms with Crippen LogP contribution in [0.3, 0.4) is 0 Å². The molecule has 0 atom stereocenters. The quantitative estimate of drug-likeness (QED) is 0.394. The number of carbonyl (C=O) groups excluding carboxylic acids is 1. The van der Waals surface area contributed by atoms with Gasteiger partial charge in [0.1, 0.15) is 0 Å². The molecule has 0 aliphatic rings. The molecular weight excluding hydrogens is 174 g/mol. The van der Waals surface area contributed by atoms with Crippen LogP contribution in [0.15, 0.2) is 23.8 Å². The highest BCUT2D eigenvalue weighted by Gasteiger charge is 1.93. The predicted octanol–water partition coefficient (Wildman–Crippen LogP) is 2.82. The maximum Gasteiger partial charge on any atom is 0.243 e. The molecule has 0 heterocycles. The topological polar surface area (TPSA) is 29.1 Å². The van der Waals surface area contributed by atoms with Crippen molar-refractivity contribution in [2.45, 2.75) is 40.0 Å². The molecule has 0 unspecified atom stereocenters. The number of hydrogen-bond acceptors (Lipinski definition) is 1. The van der Waals surface area contributed by atoms with Crippen molar-refractivity contribution in [1.82, 2.24) is 5.32 Å². The Morgan fingerprint density at radius 1 is 1.29 bits per heavy atom. The zero-order valence-electron chi connectivity index (χ0n) is 9.47. The van der Waals surface area contributed by atoms with Crippen molar-refractivity contribution in [3.63, 3.8) is 0 Å². The van der Waals surface area contributed by atoms with Gasteiger partial charge in [-0.15, -0.1) is 0 Å². The summed E-state index contributed by atoms with van der Waals surface area (Å²) in [6.07, 6.45) is 8.63. The number of hydrogen-bond donors (Lipinski definition) is 1. The third kappa shape index (κ3) is 6.46. The SMILES string of the molecule is C/C=C(/C=C/C(=O)NCCCC)CC. The lowest BCUT2D eigenvalue weighted by atomic mass is 10.2. The molecule has 0 aromatic carbocycles. The number of nitrogens with one attached hydrogen (secondary N) is 1. The van der Waals surface area contributed by atoms with Crippen molar-refractivity contribution in [3.8, 4) is 0 Å². The van der Waals surface area contributed by atoms with Gasteiger partial charge in [-0.2, -0.15) is 0 Å². The van der Waals surface area contributed by atoms with E-state index in [1.807, 2.05) is 19.1 Å². The van der Waals surface area contributed by atoms with Gasteiger partial charge in [0, 0.05) is 12.6 Å². The smallest absolute Gasteiger partial charge is 0.243 e. The molecule has 0 saturated heterocycles. The zero-order chi connectivity index (χ0) is 10.8. The van der Waals surface area contributed by atoms with E-state index in [1.165, 1.54) is 5.57 Å². The van der Waals surface area contributed by atoms with E-state index in [2.05, 4.69) is 19.2 Å². The number of rotatable bonds is 6. The Hall–Kier alpha value is -1.05. The molecule has 1 amide bonds. The average molecular weight is 195 g/mol. The summed E-state index contributed by atoms with van der Waals surface area (Å²) in [4.78, 5) is 11.2. The summed E-state index contributed by atoms with van der Waals surface area (Å²) in [5.74, 6) is 0.00579. The van der Waals surface area contributed by atoms with E-state index in [0.29, 0.717) is 0 Å². The van der Waals surface area contributed by atoms with Gasteiger partial charge in [-0.1, -0.05) is 38.0 Å². The molecule has 0 bridgehead atoms. The molecule has 2 nitrogen and oxygen atoms in total. The molecule has 0 radical (unpaired) electrons. The first-order valence-corrected chi connectivity index (χ1v) is 5.35. The van der Waals surface area contributed by atoms with Gasteiger partial charge in [0.2, 0.25) is 5.91 Å². The third-order valence-corrected chi connectivity index (χ3v) is 2.06. The van der Waals surface area contributed by atoms with Crippen LogP contribution in [0.25, 0.3) is 0 Å². The Morgan fingerprint density at radius 3 is 2.50 bits per heavy atom. The summed E-state index contributed by atoms with van der Waals surface area (Å²) in [7, 11) is 0. The number of unbranched alkanes of at least 4 members (excludes halogenated alkanes) is 1. The van der Waals surface area contributed by atoms with Gasteiger partial charge < -0.3 is 5.32 Å². The number of allylic oxidation sites excluding steroid dienone is 3. The largest absolute Gasteiger partial charge is 0.353 e. The molecule has 80 valence electrons. The number of carbonyl (C=O) groups is 1. The van der Waals surface area contributed by atoms with Gasteiger partial charge in [0.05, 0.1) is 0 Å². The van der Waals surface area contributed by atoms with Crippen molar-refractivity contribution in [3.05, 3.63) is 23.8 Å². The summed E-state index contributed by atoms with van der Waals surface area (Å²) >= 11 is 0. The van der Waals surface area contributed by atoms with Crippen LogP contribution >= 0.6 is 0 Å². The Balaban J connectivity index is 3.81. The Morgan fingerprint density at radius 2 is 2.00 bits per heavy atom. The van der Waals surface area contributed by atoms with Crippen LogP contribution in [-0.2, 0) is 4.79 Å². The van der Waals surface area contributed by atoms with E-state index in [4.69, 9.17) is 0 Å². The van der Waals surface area contributed by atoms with Gasteiger partial charge in [-0.25, -0.2) is 0 Å². The molecule has 0 rings (SSSR count). The van der Waals surface area contributed by atoms with Gasteiger partial charge in [-0.3, -0.25) is 4.79 Å². The highest BCUT2D eigenvalue weighted by Crippen LogP contribution is 2.01. The highest BCUT2D eigenvalue weighted by molar-refractivity contribution is 5.87. The Bertz CT molecular complexity index is 216. The van der Waals surface area contributed by atoms with Crippen molar-refractivity contribution in [1.29, 1.82) is 0 Å².